The number of esters is 1. The molecule has 2 rings (SSSR count). The summed E-state index contributed by atoms with van der Waals surface area (Å²) < 4.78 is 50.6. The molecule has 0 unspecified atom stereocenters. The van der Waals surface area contributed by atoms with Gasteiger partial charge in [-0.3, -0.25) is 9.10 Å². The van der Waals surface area contributed by atoms with Gasteiger partial charge in [0.05, 0.1) is 24.8 Å². The average molecular weight is 432 g/mol. The summed E-state index contributed by atoms with van der Waals surface area (Å²) in [5.74, 6) is -1.67. The zero-order chi connectivity index (χ0) is 18.6. The molecule has 0 N–H and O–H groups in total. The van der Waals surface area contributed by atoms with Crippen molar-refractivity contribution in [2.24, 2.45) is 0 Å². The van der Waals surface area contributed by atoms with Crippen LogP contribution in [0, 0.1) is 5.82 Å². The first kappa shape index (κ1) is 19.2. The van der Waals surface area contributed by atoms with Crippen molar-refractivity contribution in [3.8, 4) is 5.75 Å². The second-order valence-electron chi connectivity index (χ2n) is 4.84. The molecular formula is C16H15BrFNO5S. The van der Waals surface area contributed by atoms with E-state index >= 15 is 0 Å². The van der Waals surface area contributed by atoms with Gasteiger partial charge in [-0.1, -0.05) is 12.1 Å². The molecule has 0 saturated heterocycles. The van der Waals surface area contributed by atoms with Gasteiger partial charge < -0.3 is 9.47 Å². The first-order valence-electron chi connectivity index (χ1n) is 6.99. The molecule has 9 heteroatoms. The van der Waals surface area contributed by atoms with Gasteiger partial charge in [0, 0.05) is 4.47 Å². The number of nitrogens with zero attached hydrogens (tertiary/aromatic N) is 1. The third kappa shape index (κ3) is 4.10. The first-order valence-corrected chi connectivity index (χ1v) is 9.22. The standard InChI is InChI=1S/C16H15BrFNO5S/c1-23-15-8-7-11(9-13(15)18)25(21,22)19(10-16(20)24-2)14-6-4-3-5-12(14)17/h3-9H,10H2,1-2H3. The molecule has 134 valence electrons. The molecule has 0 aliphatic rings. The van der Waals surface area contributed by atoms with E-state index in [1.165, 1.54) is 25.3 Å². The Kier molecular flexibility index (Phi) is 6.02. The van der Waals surface area contributed by atoms with Crippen molar-refractivity contribution < 1.29 is 27.1 Å². The van der Waals surface area contributed by atoms with E-state index in [9.17, 15) is 17.6 Å². The molecule has 0 heterocycles. The maximum absolute atomic E-state index is 13.9. The highest BCUT2D eigenvalue weighted by Gasteiger charge is 2.29. The topological polar surface area (TPSA) is 72.9 Å². The molecule has 2 aromatic rings. The van der Waals surface area contributed by atoms with Gasteiger partial charge >= 0.3 is 5.97 Å². The molecular weight excluding hydrogens is 417 g/mol. The number of carbonyl (C=O) groups is 1. The predicted octanol–water partition coefficient (Wildman–Crippen LogP) is 2.97. The fourth-order valence-corrected chi connectivity index (χ4v) is 4.13. The van der Waals surface area contributed by atoms with Gasteiger partial charge in [0.2, 0.25) is 0 Å². The molecule has 0 aliphatic heterocycles. The highest BCUT2D eigenvalue weighted by molar-refractivity contribution is 9.10. The van der Waals surface area contributed by atoms with Crippen LogP contribution in [0.15, 0.2) is 51.8 Å². The van der Waals surface area contributed by atoms with Gasteiger partial charge in [-0.05, 0) is 46.3 Å². The van der Waals surface area contributed by atoms with Crippen LogP contribution in [0.1, 0.15) is 0 Å². The molecule has 25 heavy (non-hydrogen) atoms. The Morgan fingerprint density at radius 1 is 1.20 bits per heavy atom. The zero-order valence-corrected chi connectivity index (χ0v) is 15.8. The Hall–Kier alpha value is -2.13. The third-order valence-corrected chi connectivity index (χ3v) is 5.76. The Bertz CT molecular complexity index is 888. The number of rotatable bonds is 6. The Balaban J connectivity index is 2.57. The van der Waals surface area contributed by atoms with E-state index in [1.807, 2.05) is 0 Å². The molecule has 0 atom stereocenters. The number of benzene rings is 2. The van der Waals surface area contributed by atoms with Crippen LogP contribution in [0.4, 0.5) is 10.1 Å². The average Bonchev–Trinajstić information content (AvgIpc) is 2.60. The highest BCUT2D eigenvalue weighted by atomic mass is 79.9. The maximum atomic E-state index is 13.9. The van der Waals surface area contributed by atoms with Gasteiger partial charge in [-0.2, -0.15) is 0 Å². The highest BCUT2D eigenvalue weighted by Crippen LogP contribution is 2.31. The fraction of sp³-hybridized carbons (Fsp3) is 0.188. The van der Waals surface area contributed by atoms with Gasteiger partial charge in [0.15, 0.2) is 11.6 Å². The maximum Gasteiger partial charge on any atom is 0.326 e. The summed E-state index contributed by atoms with van der Waals surface area (Å²) in [5.41, 5.74) is 0.226. The van der Waals surface area contributed by atoms with Crippen molar-refractivity contribution in [1.29, 1.82) is 0 Å². The number of hydrogen-bond donors (Lipinski definition) is 0. The minimum atomic E-state index is -4.22. The second-order valence-corrected chi connectivity index (χ2v) is 7.55. The van der Waals surface area contributed by atoms with Gasteiger partial charge in [0.1, 0.15) is 6.54 Å². The summed E-state index contributed by atoms with van der Waals surface area (Å²) in [7, 11) is -1.79. The van der Waals surface area contributed by atoms with E-state index < -0.39 is 28.4 Å². The van der Waals surface area contributed by atoms with Crippen molar-refractivity contribution in [2.75, 3.05) is 25.1 Å². The molecule has 0 fully saturated rings. The van der Waals surface area contributed by atoms with Crippen molar-refractivity contribution in [2.45, 2.75) is 4.90 Å². The minimum Gasteiger partial charge on any atom is -0.494 e. The molecule has 2 aromatic carbocycles. The zero-order valence-electron chi connectivity index (χ0n) is 13.4. The number of anilines is 1. The van der Waals surface area contributed by atoms with E-state index in [4.69, 9.17) is 4.74 Å². The Labute approximate surface area is 153 Å². The molecule has 0 saturated carbocycles. The van der Waals surface area contributed by atoms with Crippen LogP contribution < -0.4 is 9.04 Å². The summed E-state index contributed by atoms with van der Waals surface area (Å²) in [5, 5.41) is 0. The number of carbonyl (C=O) groups excluding carboxylic acids is 1. The SMILES string of the molecule is COC(=O)CN(c1ccccc1Br)S(=O)(=O)c1ccc(OC)c(F)c1. The molecule has 0 bridgehead atoms. The normalized spacial score (nSPS) is 11.0. The summed E-state index contributed by atoms with van der Waals surface area (Å²) >= 11 is 3.26. The number of methoxy groups -OCH3 is 2. The lowest BCUT2D eigenvalue weighted by Gasteiger charge is -2.24. The summed E-state index contributed by atoms with van der Waals surface area (Å²) in [6.07, 6.45) is 0. The number of sulfonamides is 1. The van der Waals surface area contributed by atoms with Crippen molar-refractivity contribution >= 4 is 37.6 Å². The largest absolute Gasteiger partial charge is 0.494 e. The van der Waals surface area contributed by atoms with Crippen LogP contribution in [0.5, 0.6) is 5.75 Å². The van der Waals surface area contributed by atoms with Crippen molar-refractivity contribution in [1.82, 2.24) is 0 Å². The lowest BCUT2D eigenvalue weighted by molar-refractivity contribution is -0.138. The summed E-state index contributed by atoms with van der Waals surface area (Å²) in [4.78, 5) is 11.4. The molecule has 0 radical (unpaired) electrons. The van der Waals surface area contributed by atoms with Gasteiger partial charge in [-0.25, -0.2) is 12.8 Å². The number of para-hydroxylation sites is 1. The van der Waals surface area contributed by atoms with Gasteiger partial charge in [0.25, 0.3) is 10.0 Å². The van der Waals surface area contributed by atoms with Crippen LogP contribution in [0.2, 0.25) is 0 Å². The van der Waals surface area contributed by atoms with Crippen LogP contribution in [0.3, 0.4) is 0 Å². The van der Waals surface area contributed by atoms with E-state index in [-0.39, 0.29) is 16.3 Å². The second kappa shape index (κ2) is 7.83. The van der Waals surface area contributed by atoms with E-state index in [0.717, 1.165) is 17.5 Å². The molecule has 6 nitrogen and oxygen atoms in total. The first-order chi connectivity index (χ1) is 11.8. The third-order valence-electron chi connectivity index (χ3n) is 3.33. The molecule has 0 spiro atoms. The Morgan fingerprint density at radius 3 is 2.44 bits per heavy atom. The number of ether oxygens (including phenoxy) is 2. The molecule has 0 aromatic heterocycles. The molecule has 0 aliphatic carbocycles. The van der Waals surface area contributed by atoms with E-state index in [0.29, 0.717) is 4.47 Å². The van der Waals surface area contributed by atoms with Crippen LogP contribution in [-0.4, -0.2) is 35.2 Å². The number of hydrogen-bond acceptors (Lipinski definition) is 5. The molecule has 0 amide bonds. The lowest BCUT2D eigenvalue weighted by atomic mass is 10.3. The van der Waals surface area contributed by atoms with Crippen LogP contribution in [-0.2, 0) is 19.6 Å². The van der Waals surface area contributed by atoms with Crippen LogP contribution in [0.25, 0.3) is 0 Å². The smallest absolute Gasteiger partial charge is 0.326 e. The minimum absolute atomic E-state index is 0.0839. The Morgan fingerprint density at radius 2 is 1.88 bits per heavy atom. The summed E-state index contributed by atoms with van der Waals surface area (Å²) in [6, 6.07) is 9.72. The van der Waals surface area contributed by atoms with E-state index in [2.05, 4.69) is 20.7 Å². The monoisotopic (exact) mass is 431 g/mol. The van der Waals surface area contributed by atoms with Crippen molar-refractivity contribution in [3.05, 3.63) is 52.8 Å². The number of halogens is 2. The predicted molar refractivity (Wildman–Crippen MR) is 93.6 cm³/mol. The van der Waals surface area contributed by atoms with E-state index in [1.54, 1.807) is 18.2 Å². The fourth-order valence-electron chi connectivity index (χ4n) is 2.07. The quantitative estimate of drug-likeness (QED) is 0.657. The van der Waals surface area contributed by atoms with Crippen molar-refractivity contribution in [3.63, 3.8) is 0 Å². The lowest BCUT2D eigenvalue weighted by Crippen LogP contribution is -2.36. The van der Waals surface area contributed by atoms with Gasteiger partial charge in [-0.15, -0.1) is 0 Å². The summed E-state index contributed by atoms with van der Waals surface area (Å²) in [6.45, 7) is -0.560. The van der Waals surface area contributed by atoms with Crippen LogP contribution >= 0.6 is 15.9 Å².